The van der Waals surface area contributed by atoms with Gasteiger partial charge in [0.25, 0.3) is 0 Å². The predicted octanol–water partition coefficient (Wildman–Crippen LogP) is 4.86. The number of nitrogens with zero attached hydrogens (tertiary/aromatic N) is 1. The number of carboxylic acid groups (broad SMARTS) is 1. The van der Waals surface area contributed by atoms with Crippen LogP contribution in [-0.2, 0) is 6.61 Å². The van der Waals surface area contributed by atoms with Crippen LogP contribution in [-0.4, -0.2) is 17.6 Å². The van der Waals surface area contributed by atoms with Crippen LogP contribution >= 0.6 is 0 Å². The summed E-state index contributed by atoms with van der Waals surface area (Å²) in [5.74, 6) is -0.0283. The molecule has 0 atom stereocenters. The lowest BCUT2D eigenvalue weighted by molar-refractivity contribution is -0.254. The van der Waals surface area contributed by atoms with Crippen molar-refractivity contribution in [3.63, 3.8) is 0 Å². The molecule has 0 N–H and O–H groups in total. The number of hydrogen-bond acceptors (Lipinski definition) is 5. The quantitative estimate of drug-likeness (QED) is 0.422. The van der Waals surface area contributed by atoms with Crippen molar-refractivity contribution in [1.29, 1.82) is 0 Å². The van der Waals surface area contributed by atoms with E-state index in [1.165, 1.54) is 5.56 Å². The van der Waals surface area contributed by atoms with Gasteiger partial charge < -0.3 is 19.4 Å². The van der Waals surface area contributed by atoms with Crippen molar-refractivity contribution in [3.05, 3.63) is 89.0 Å². The first-order valence-electron chi connectivity index (χ1n) is 10.5. The molecule has 0 amide bonds. The number of carboxylic acids is 1. The first-order valence-corrected chi connectivity index (χ1v) is 10.5. The molecular weight excluding hydrogens is 402 g/mol. The summed E-state index contributed by atoms with van der Waals surface area (Å²) < 4.78 is 11.8. The Morgan fingerprint density at radius 3 is 2.44 bits per heavy atom. The van der Waals surface area contributed by atoms with E-state index in [0.29, 0.717) is 41.3 Å². The van der Waals surface area contributed by atoms with Crippen LogP contribution in [0, 0.1) is 13.8 Å². The highest BCUT2D eigenvalue weighted by atomic mass is 16.5. The van der Waals surface area contributed by atoms with Gasteiger partial charge in [0.2, 0.25) is 0 Å². The zero-order valence-electron chi connectivity index (χ0n) is 18.3. The molecule has 4 aromatic rings. The summed E-state index contributed by atoms with van der Waals surface area (Å²) in [6.07, 6.45) is 0. The Balaban J connectivity index is 1.72. The van der Waals surface area contributed by atoms with Crippen LogP contribution in [0.2, 0.25) is 0 Å². The Kier molecular flexibility index (Phi) is 6.08. The highest BCUT2D eigenvalue weighted by Crippen LogP contribution is 2.34. The molecule has 5 heteroatoms. The molecule has 0 unspecified atom stereocenters. The lowest BCUT2D eigenvalue weighted by atomic mass is 10.0. The summed E-state index contributed by atoms with van der Waals surface area (Å²) in [4.78, 5) is 16.5. The number of aromatic nitrogens is 1. The zero-order valence-corrected chi connectivity index (χ0v) is 18.3. The van der Waals surface area contributed by atoms with E-state index < -0.39 is 5.97 Å². The predicted molar refractivity (Wildman–Crippen MR) is 123 cm³/mol. The summed E-state index contributed by atoms with van der Waals surface area (Å²) >= 11 is 0. The van der Waals surface area contributed by atoms with Gasteiger partial charge in [-0.25, -0.2) is 4.98 Å². The van der Waals surface area contributed by atoms with E-state index in [0.717, 1.165) is 16.7 Å². The molecule has 0 saturated carbocycles. The number of ether oxygens (including phenoxy) is 2. The smallest absolute Gasteiger partial charge is 0.161 e. The van der Waals surface area contributed by atoms with Crippen molar-refractivity contribution < 1.29 is 19.4 Å². The van der Waals surface area contributed by atoms with Gasteiger partial charge in [0.1, 0.15) is 6.61 Å². The molecule has 1 aromatic heterocycles. The third-order valence-electron chi connectivity index (χ3n) is 5.32. The van der Waals surface area contributed by atoms with E-state index in [1.807, 2.05) is 75.4 Å². The minimum atomic E-state index is -1.23. The van der Waals surface area contributed by atoms with Crippen LogP contribution in [0.25, 0.3) is 22.2 Å². The van der Waals surface area contributed by atoms with Crippen LogP contribution in [0.4, 0.5) is 0 Å². The molecule has 1 heterocycles. The summed E-state index contributed by atoms with van der Waals surface area (Å²) in [7, 11) is 0. The van der Waals surface area contributed by atoms with Gasteiger partial charge in [0, 0.05) is 16.5 Å². The van der Waals surface area contributed by atoms with Crippen molar-refractivity contribution in [2.45, 2.75) is 27.4 Å². The zero-order chi connectivity index (χ0) is 22.7. The first kappa shape index (κ1) is 21.4. The van der Waals surface area contributed by atoms with Crippen LogP contribution in [0.5, 0.6) is 11.5 Å². The largest absolute Gasteiger partial charge is 0.545 e. The molecule has 32 heavy (non-hydrogen) atoms. The second-order valence-corrected chi connectivity index (χ2v) is 7.68. The molecular formula is C27H24NO4-. The van der Waals surface area contributed by atoms with Gasteiger partial charge in [-0.1, -0.05) is 48.0 Å². The minimum Gasteiger partial charge on any atom is -0.545 e. The molecule has 0 bridgehead atoms. The van der Waals surface area contributed by atoms with Gasteiger partial charge >= 0.3 is 0 Å². The molecule has 3 aromatic carbocycles. The number of aryl methyl sites for hydroxylation is 2. The van der Waals surface area contributed by atoms with Crippen molar-refractivity contribution in [1.82, 2.24) is 4.98 Å². The average Bonchev–Trinajstić information content (AvgIpc) is 2.79. The van der Waals surface area contributed by atoms with Gasteiger partial charge in [0.05, 0.1) is 23.8 Å². The van der Waals surface area contributed by atoms with Gasteiger partial charge in [0.15, 0.2) is 11.5 Å². The average molecular weight is 426 g/mol. The van der Waals surface area contributed by atoms with Crippen molar-refractivity contribution >= 4 is 16.9 Å². The van der Waals surface area contributed by atoms with Crippen LogP contribution in [0.3, 0.4) is 0 Å². The van der Waals surface area contributed by atoms with E-state index in [2.05, 4.69) is 0 Å². The number of hydrogen-bond donors (Lipinski definition) is 0. The minimum absolute atomic E-state index is 0.117. The lowest BCUT2D eigenvalue weighted by Gasteiger charge is -2.15. The number of para-hydroxylation sites is 1. The van der Waals surface area contributed by atoms with E-state index in [1.54, 1.807) is 12.1 Å². The molecule has 0 saturated heterocycles. The highest BCUT2D eigenvalue weighted by molar-refractivity contribution is 6.03. The van der Waals surface area contributed by atoms with Crippen molar-refractivity contribution in [2.24, 2.45) is 0 Å². The lowest BCUT2D eigenvalue weighted by Crippen LogP contribution is -2.22. The van der Waals surface area contributed by atoms with Crippen LogP contribution < -0.4 is 14.6 Å². The number of fused-ring (bicyclic) bond motifs is 1. The number of carbonyl (C=O) groups excluding carboxylic acids is 1. The second kappa shape index (κ2) is 9.10. The van der Waals surface area contributed by atoms with E-state index >= 15 is 0 Å². The number of benzene rings is 3. The summed E-state index contributed by atoms with van der Waals surface area (Å²) in [5, 5.41) is 12.4. The molecule has 0 radical (unpaired) electrons. The van der Waals surface area contributed by atoms with Crippen molar-refractivity contribution in [3.8, 4) is 22.8 Å². The second-order valence-electron chi connectivity index (χ2n) is 7.68. The molecule has 0 spiro atoms. The molecule has 4 rings (SSSR count). The molecule has 0 aliphatic carbocycles. The Bertz CT molecular complexity index is 1280. The monoisotopic (exact) mass is 426 g/mol. The van der Waals surface area contributed by atoms with Crippen molar-refractivity contribution in [2.75, 3.05) is 6.61 Å². The normalized spacial score (nSPS) is 10.8. The van der Waals surface area contributed by atoms with Crippen LogP contribution in [0.1, 0.15) is 34.0 Å². The highest BCUT2D eigenvalue weighted by Gasteiger charge is 2.13. The maximum Gasteiger partial charge on any atom is 0.161 e. The van der Waals surface area contributed by atoms with Gasteiger partial charge in [-0.2, -0.15) is 0 Å². The van der Waals surface area contributed by atoms with Crippen LogP contribution in [0.15, 0.2) is 66.7 Å². The number of pyridine rings is 1. The number of carbonyl (C=O) groups is 1. The maximum atomic E-state index is 11.8. The van der Waals surface area contributed by atoms with Gasteiger partial charge in [-0.3, -0.25) is 0 Å². The molecule has 0 aliphatic rings. The van der Waals surface area contributed by atoms with E-state index in [9.17, 15) is 9.90 Å². The topological polar surface area (TPSA) is 71.5 Å². The van der Waals surface area contributed by atoms with Gasteiger partial charge in [-0.15, -0.1) is 0 Å². The number of aromatic carboxylic acids is 1. The Morgan fingerprint density at radius 2 is 1.72 bits per heavy atom. The number of rotatable bonds is 7. The van der Waals surface area contributed by atoms with E-state index in [-0.39, 0.29) is 5.56 Å². The summed E-state index contributed by atoms with van der Waals surface area (Å²) in [6, 6.07) is 20.7. The Labute approximate surface area is 187 Å². The Morgan fingerprint density at radius 1 is 0.938 bits per heavy atom. The fraction of sp³-hybridized carbons (Fsp3) is 0.185. The van der Waals surface area contributed by atoms with E-state index in [4.69, 9.17) is 14.5 Å². The Hall–Kier alpha value is -3.86. The SMILES string of the molecule is CCOc1cc(-c2cc(C(=O)[O-])c3cccc(C)c3n2)ccc1OCc1ccc(C)cc1. The third-order valence-corrected chi connectivity index (χ3v) is 5.32. The molecule has 0 aliphatic heterocycles. The fourth-order valence-corrected chi connectivity index (χ4v) is 3.61. The molecule has 5 nitrogen and oxygen atoms in total. The standard InChI is InChI=1S/C27H25NO4/c1-4-31-25-14-20(12-13-24(25)32-16-19-10-8-17(2)9-11-19)23-15-22(27(29)30)21-7-5-6-18(3)26(21)28-23/h5-15H,4,16H2,1-3H3,(H,29,30)/p-1. The maximum absolute atomic E-state index is 11.8. The first-order chi connectivity index (χ1) is 15.5. The summed E-state index contributed by atoms with van der Waals surface area (Å²) in [6.45, 7) is 6.75. The molecule has 0 fully saturated rings. The van der Waals surface area contributed by atoms with Gasteiger partial charge in [-0.05, 0) is 56.2 Å². The molecule has 162 valence electrons. The third kappa shape index (κ3) is 4.42. The fourth-order valence-electron chi connectivity index (χ4n) is 3.61. The summed E-state index contributed by atoms with van der Waals surface area (Å²) in [5.41, 5.74) is 5.19.